The van der Waals surface area contributed by atoms with Crippen molar-refractivity contribution in [3.63, 3.8) is 0 Å². The second-order valence-corrected chi connectivity index (χ2v) is 6.50. The predicted octanol–water partition coefficient (Wildman–Crippen LogP) is 4.15. The van der Waals surface area contributed by atoms with Gasteiger partial charge in [-0.2, -0.15) is 5.10 Å². The lowest BCUT2D eigenvalue weighted by molar-refractivity contribution is -0.133. The molecule has 0 N–H and O–H groups in total. The highest BCUT2D eigenvalue weighted by molar-refractivity contribution is 5.78. The van der Waals surface area contributed by atoms with Crippen LogP contribution in [-0.4, -0.2) is 27.6 Å². The fourth-order valence-electron chi connectivity index (χ4n) is 2.85. The molecule has 0 saturated heterocycles. The number of rotatable bonds is 5. The van der Waals surface area contributed by atoms with Gasteiger partial charge in [0.05, 0.1) is 11.4 Å². The van der Waals surface area contributed by atoms with E-state index in [1.165, 1.54) is 0 Å². The molecular formula is C21H23N3O. The SMILES string of the molecule is CC(C)C(=O)N(C)Cc1cn(-c2ccccc2)nc1-c1ccccc1. The van der Waals surface area contributed by atoms with E-state index in [1.807, 2.05) is 92.4 Å². The third-order valence-electron chi connectivity index (χ3n) is 4.14. The molecule has 0 aliphatic carbocycles. The lowest BCUT2D eigenvalue weighted by Gasteiger charge is -2.19. The van der Waals surface area contributed by atoms with Crippen molar-refractivity contribution in [1.29, 1.82) is 0 Å². The van der Waals surface area contributed by atoms with Gasteiger partial charge in [-0.05, 0) is 12.1 Å². The lowest BCUT2D eigenvalue weighted by Crippen LogP contribution is -2.30. The summed E-state index contributed by atoms with van der Waals surface area (Å²) in [5, 5.41) is 4.79. The van der Waals surface area contributed by atoms with Gasteiger partial charge in [0.25, 0.3) is 0 Å². The second-order valence-electron chi connectivity index (χ2n) is 6.50. The number of hydrogen-bond acceptors (Lipinski definition) is 2. The van der Waals surface area contributed by atoms with E-state index in [9.17, 15) is 4.79 Å². The number of hydrogen-bond donors (Lipinski definition) is 0. The Balaban J connectivity index is 2.00. The average Bonchev–Trinajstić information content (AvgIpc) is 3.06. The van der Waals surface area contributed by atoms with Gasteiger partial charge in [-0.15, -0.1) is 0 Å². The third-order valence-corrected chi connectivity index (χ3v) is 4.14. The van der Waals surface area contributed by atoms with Crippen molar-refractivity contribution in [2.75, 3.05) is 7.05 Å². The summed E-state index contributed by atoms with van der Waals surface area (Å²) in [7, 11) is 1.84. The van der Waals surface area contributed by atoms with Crippen molar-refractivity contribution in [1.82, 2.24) is 14.7 Å². The molecule has 1 heterocycles. The smallest absolute Gasteiger partial charge is 0.225 e. The summed E-state index contributed by atoms with van der Waals surface area (Å²) in [4.78, 5) is 14.0. The Labute approximate surface area is 148 Å². The van der Waals surface area contributed by atoms with Crippen molar-refractivity contribution in [3.05, 3.63) is 72.4 Å². The standard InChI is InChI=1S/C21H23N3O/c1-16(2)21(25)23(3)14-18-15-24(19-12-8-5-9-13-19)22-20(18)17-10-6-4-7-11-17/h4-13,15-16H,14H2,1-3H3. The third kappa shape index (κ3) is 3.79. The Bertz CT molecular complexity index is 838. The molecular weight excluding hydrogens is 310 g/mol. The van der Waals surface area contributed by atoms with Crippen LogP contribution >= 0.6 is 0 Å². The minimum atomic E-state index is -0.0191. The van der Waals surface area contributed by atoms with E-state index in [0.717, 1.165) is 22.5 Å². The number of aromatic nitrogens is 2. The Morgan fingerprint density at radius 2 is 1.64 bits per heavy atom. The summed E-state index contributed by atoms with van der Waals surface area (Å²) in [5.41, 5.74) is 4.00. The molecule has 0 aliphatic rings. The van der Waals surface area contributed by atoms with Crippen molar-refractivity contribution < 1.29 is 4.79 Å². The summed E-state index contributed by atoms with van der Waals surface area (Å²) >= 11 is 0. The number of carbonyl (C=O) groups excluding carboxylic acids is 1. The van der Waals surface area contributed by atoms with Crippen LogP contribution in [0.4, 0.5) is 0 Å². The van der Waals surface area contributed by atoms with Crippen molar-refractivity contribution in [2.24, 2.45) is 5.92 Å². The highest BCUT2D eigenvalue weighted by atomic mass is 16.2. The van der Waals surface area contributed by atoms with Gasteiger partial charge in [-0.25, -0.2) is 4.68 Å². The van der Waals surface area contributed by atoms with Gasteiger partial charge in [0.15, 0.2) is 0 Å². The first-order valence-corrected chi connectivity index (χ1v) is 8.50. The quantitative estimate of drug-likeness (QED) is 0.703. The zero-order chi connectivity index (χ0) is 17.8. The molecule has 0 atom stereocenters. The lowest BCUT2D eigenvalue weighted by atomic mass is 10.1. The average molecular weight is 333 g/mol. The molecule has 0 saturated carbocycles. The van der Waals surface area contributed by atoms with Crippen molar-refractivity contribution in [3.8, 4) is 16.9 Å². The number of amides is 1. The predicted molar refractivity (Wildman–Crippen MR) is 100 cm³/mol. The van der Waals surface area contributed by atoms with Gasteiger partial charge >= 0.3 is 0 Å². The van der Waals surface area contributed by atoms with Gasteiger partial charge in [-0.3, -0.25) is 4.79 Å². The minimum Gasteiger partial charge on any atom is -0.341 e. The first kappa shape index (κ1) is 17.0. The van der Waals surface area contributed by atoms with Crippen molar-refractivity contribution in [2.45, 2.75) is 20.4 Å². The fourth-order valence-corrected chi connectivity index (χ4v) is 2.85. The largest absolute Gasteiger partial charge is 0.341 e. The Morgan fingerprint density at radius 1 is 1.04 bits per heavy atom. The van der Waals surface area contributed by atoms with E-state index in [4.69, 9.17) is 5.10 Å². The molecule has 4 heteroatoms. The fraction of sp³-hybridized carbons (Fsp3) is 0.238. The van der Waals surface area contributed by atoms with Gasteiger partial charge in [0.2, 0.25) is 5.91 Å². The van der Waals surface area contributed by atoms with Crippen LogP contribution in [0.2, 0.25) is 0 Å². The van der Waals surface area contributed by atoms with Gasteiger partial charge in [-0.1, -0.05) is 62.4 Å². The number of benzene rings is 2. The number of para-hydroxylation sites is 1. The van der Waals surface area contributed by atoms with E-state index >= 15 is 0 Å². The zero-order valence-electron chi connectivity index (χ0n) is 14.9. The summed E-state index contributed by atoms with van der Waals surface area (Å²) in [5.74, 6) is 0.112. The maximum absolute atomic E-state index is 12.3. The first-order valence-electron chi connectivity index (χ1n) is 8.50. The summed E-state index contributed by atoms with van der Waals surface area (Å²) in [6.07, 6.45) is 2.02. The van der Waals surface area contributed by atoms with Crippen LogP contribution in [0.1, 0.15) is 19.4 Å². The van der Waals surface area contributed by atoms with Gasteiger partial charge < -0.3 is 4.90 Å². The molecule has 25 heavy (non-hydrogen) atoms. The van der Waals surface area contributed by atoms with Crippen LogP contribution in [0.3, 0.4) is 0 Å². The van der Waals surface area contributed by atoms with E-state index in [0.29, 0.717) is 6.54 Å². The Morgan fingerprint density at radius 3 is 2.24 bits per heavy atom. The second kappa shape index (κ2) is 7.34. The number of nitrogens with zero attached hydrogens (tertiary/aromatic N) is 3. The van der Waals surface area contributed by atoms with E-state index in [-0.39, 0.29) is 11.8 Å². The van der Waals surface area contributed by atoms with E-state index < -0.39 is 0 Å². The topological polar surface area (TPSA) is 38.1 Å². The van der Waals surface area contributed by atoms with Crippen LogP contribution in [0.15, 0.2) is 66.9 Å². The molecule has 0 unspecified atom stereocenters. The normalized spacial score (nSPS) is 10.9. The Hall–Kier alpha value is -2.88. The molecule has 3 aromatic rings. The molecule has 0 spiro atoms. The van der Waals surface area contributed by atoms with Crippen LogP contribution in [0.25, 0.3) is 16.9 Å². The number of carbonyl (C=O) groups is 1. The molecule has 0 bridgehead atoms. The van der Waals surface area contributed by atoms with Crippen molar-refractivity contribution >= 4 is 5.91 Å². The molecule has 0 radical (unpaired) electrons. The molecule has 0 aliphatic heterocycles. The highest BCUT2D eigenvalue weighted by Gasteiger charge is 2.18. The maximum Gasteiger partial charge on any atom is 0.225 e. The summed E-state index contributed by atoms with van der Waals surface area (Å²) in [6.45, 7) is 4.38. The van der Waals surface area contributed by atoms with Crippen LogP contribution < -0.4 is 0 Å². The van der Waals surface area contributed by atoms with E-state index in [1.54, 1.807) is 4.90 Å². The first-order chi connectivity index (χ1) is 12.1. The summed E-state index contributed by atoms with van der Waals surface area (Å²) in [6, 6.07) is 20.1. The highest BCUT2D eigenvalue weighted by Crippen LogP contribution is 2.25. The summed E-state index contributed by atoms with van der Waals surface area (Å²) < 4.78 is 1.88. The van der Waals surface area contributed by atoms with E-state index in [2.05, 4.69) is 0 Å². The molecule has 2 aromatic carbocycles. The zero-order valence-corrected chi connectivity index (χ0v) is 14.9. The minimum absolute atomic E-state index is 0.0191. The Kier molecular flexibility index (Phi) is 4.98. The molecule has 1 amide bonds. The molecule has 3 rings (SSSR count). The molecule has 4 nitrogen and oxygen atoms in total. The van der Waals surface area contributed by atoms with Crippen LogP contribution in [0.5, 0.6) is 0 Å². The molecule has 0 fully saturated rings. The molecule has 1 aromatic heterocycles. The maximum atomic E-state index is 12.3. The monoisotopic (exact) mass is 333 g/mol. The van der Waals surface area contributed by atoms with Crippen LogP contribution in [0, 0.1) is 5.92 Å². The van der Waals surface area contributed by atoms with Crippen LogP contribution in [-0.2, 0) is 11.3 Å². The van der Waals surface area contributed by atoms with Gasteiger partial charge in [0.1, 0.15) is 0 Å². The molecule has 128 valence electrons. The van der Waals surface area contributed by atoms with Gasteiger partial charge in [0, 0.05) is 36.8 Å².